The van der Waals surface area contributed by atoms with Crippen molar-refractivity contribution in [1.29, 1.82) is 0 Å². The number of nitrogens with one attached hydrogen (secondary N) is 3. The highest BCUT2D eigenvalue weighted by Gasteiger charge is 2.29. The van der Waals surface area contributed by atoms with Gasteiger partial charge in [0.15, 0.2) is 0 Å². The Labute approximate surface area is 344 Å². The Hall–Kier alpha value is -4.06. The molecule has 1 aliphatic carbocycles. The number of amides is 3. The van der Waals surface area contributed by atoms with E-state index in [1.807, 2.05) is 24.3 Å². The normalized spacial score (nSPS) is 12.8. The van der Waals surface area contributed by atoms with Crippen LogP contribution in [0.4, 0.5) is 4.79 Å². The number of rotatable bonds is 30. The van der Waals surface area contributed by atoms with E-state index in [9.17, 15) is 24.0 Å². The highest BCUT2D eigenvalue weighted by molar-refractivity contribution is 7.99. The molecule has 3 N–H and O–H groups in total. The van der Waals surface area contributed by atoms with Crippen LogP contribution in [-0.2, 0) is 33.4 Å². The van der Waals surface area contributed by atoms with Crippen molar-refractivity contribution < 1.29 is 38.2 Å². The number of thioether (sulfide) groups is 1. The number of unbranched alkanes of at least 4 members (excludes halogenated alkanes) is 13. The number of methoxy groups -OCH3 is 1. The minimum Gasteiger partial charge on any atom is -0.467 e. The largest absolute Gasteiger partial charge is 0.467 e. The van der Waals surface area contributed by atoms with Crippen LogP contribution < -0.4 is 16.0 Å². The summed E-state index contributed by atoms with van der Waals surface area (Å²) in [6.07, 6.45) is 17.4. The summed E-state index contributed by atoms with van der Waals surface area (Å²) >= 11 is 1.37. The Kier molecular flexibility index (Phi) is 23.5. The van der Waals surface area contributed by atoms with Crippen molar-refractivity contribution in [2.24, 2.45) is 0 Å². The van der Waals surface area contributed by atoms with Crippen LogP contribution in [0.1, 0.15) is 140 Å². The van der Waals surface area contributed by atoms with Gasteiger partial charge in [0.1, 0.15) is 25.3 Å². The molecule has 0 aromatic heterocycles. The van der Waals surface area contributed by atoms with E-state index in [1.165, 1.54) is 90.0 Å². The van der Waals surface area contributed by atoms with Gasteiger partial charge in [-0.05, 0) is 47.9 Å². The predicted octanol–water partition coefficient (Wildman–Crippen LogP) is 8.62. The Balaban J connectivity index is 1.27. The summed E-state index contributed by atoms with van der Waals surface area (Å²) in [5.41, 5.74) is 4.59. The van der Waals surface area contributed by atoms with E-state index in [0.29, 0.717) is 31.6 Å². The summed E-state index contributed by atoms with van der Waals surface area (Å²) in [5.74, 6) is -1.04. The van der Waals surface area contributed by atoms with Crippen molar-refractivity contribution >= 4 is 41.6 Å². The zero-order valence-electron chi connectivity index (χ0n) is 34.6. The number of carbonyl (C=O) groups excluding carboxylic acids is 5. The zero-order valence-corrected chi connectivity index (χ0v) is 35.4. The summed E-state index contributed by atoms with van der Waals surface area (Å²) in [6, 6.07) is 14.5. The van der Waals surface area contributed by atoms with Crippen molar-refractivity contribution in [2.75, 3.05) is 38.4 Å². The van der Waals surface area contributed by atoms with E-state index in [2.05, 4.69) is 47.1 Å². The van der Waals surface area contributed by atoms with Crippen molar-refractivity contribution in [1.82, 2.24) is 16.0 Å². The third kappa shape index (κ3) is 18.4. The van der Waals surface area contributed by atoms with Crippen LogP contribution in [0.25, 0.3) is 11.1 Å². The molecule has 0 spiro atoms. The summed E-state index contributed by atoms with van der Waals surface area (Å²) in [7, 11) is 1.25. The number of carbonyl (C=O) groups is 5. The zero-order chi connectivity index (χ0) is 41.1. The molecule has 57 heavy (non-hydrogen) atoms. The molecule has 0 saturated heterocycles. The van der Waals surface area contributed by atoms with E-state index in [0.717, 1.165) is 41.5 Å². The minimum absolute atomic E-state index is 0.0338. The molecule has 0 unspecified atom stereocenters. The number of hydrogen-bond acceptors (Lipinski definition) is 9. The first kappa shape index (κ1) is 47.3. The molecule has 2 aromatic carbocycles. The standard InChI is InChI=1S/C45H67N3O8S/c1-4-5-6-7-8-9-10-11-12-13-14-15-16-28-42(50)55-30-31-57-33-41(47-34(2)49)43(51)48-40(44(52)54-3)27-21-22-29-46-45(53)56-32-39-37-25-19-17-23-35(37)36-24-18-20-26-38(36)39/h17-20,23-26,39-41H,4-16,21-22,27-33H2,1-3H3,(H,46,53)(H,47,49)(H,48,51)/t40-,41-/m0/s1. The molecule has 12 heteroatoms. The summed E-state index contributed by atoms with van der Waals surface area (Å²) < 4.78 is 15.9. The maximum Gasteiger partial charge on any atom is 0.407 e. The second-order valence-electron chi connectivity index (χ2n) is 14.9. The second-order valence-corrected chi connectivity index (χ2v) is 16.0. The van der Waals surface area contributed by atoms with Crippen molar-refractivity contribution in [3.05, 3.63) is 59.7 Å². The molecule has 0 saturated carbocycles. The Morgan fingerprint density at radius 2 is 1.28 bits per heavy atom. The third-order valence-electron chi connectivity index (χ3n) is 10.3. The van der Waals surface area contributed by atoms with Gasteiger partial charge in [-0.25, -0.2) is 9.59 Å². The molecule has 2 atom stereocenters. The number of esters is 2. The smallest absolute Gasteiger partial charge is 0.407 e. The Bertz CT molecular complexity index is 1480. The maximum absolute atomic E-state index is 13.2. The number of benzene rings is 2. The maximum atomic E-state index is 13.2. The lowest BCUT2D eigenvalue weighted by Crippen LogP contribution is -2.52. The molecule has 0 aliphatic heterocycles. The first-order valence-electron chi connectivity index (χ1n) is 21.2. The van der Waals surface area contributed by atoms with Gasteiger partial charge in [-0.2, -0.15) is 11.8 Å². The molecule has 0 heterocycles. The Morgan fingerprint density at radius 1 is 0.702 bits per heavy atom. The van der Waals surface area contributed by atoms with Crippen LogP contribution in [0, 0.1) is 0 Å². The van der Waals surface area contributed by atoms with Crippen LogP contribution in [0.3, 0.4) is 0 Å². The molecule has 0 bridgehead atoms. The van der Waals surface area contributed by atoms with Gasteiger partial charge in [0.25, 0.3) is 0 Å². The highest BCUT2D eigenvalue weighted by atomic mass is 32.2. The molecule has 0 radical (unpaired) electrons. The molecule has 11 nitrogen and oxygen atoms in total. The fraction of sp³-hybridized carbons (Fsp3) is 0.622. The first-order valence-corrected chi connectivity index (χ1v) is 22.4. The summed E-state index contributed by atoms with van der Waals surface area (Å²) in [5, 5.41) is 8.14. The van der Waals surface area contributed by atoms with Gasteiger partial charge in [0, 0.05) is 37.3 Å². The average molecular weight is 810 g/mol. The lowest BCUT2D eigenvalue weighted by molar-refractivity contribution is -0.145. The van der Waals surface area contributed by atoms with Crippen LogP contribution in [0.5, 0.6) is 0 Å². The van der Waals surface area contributed by atoms with Crippen molar-refractivity contribution in [3.63, 3.8) is 0 Å². The van der Waals surface area contributed by atoms with Gasteiger partial charge in [-0.1, -0.05) is 133 Å². The SMILES string of the molecule is CCCCCCCCCCCCCCCC(=O)OCCSC[C@H](NC(C)=O)C(=O)N[C@@H](CCCCNC(=O)OCC1c2ccccc2-c2ccccc21)C(=O)OC. The summed E-state index contributed by atoms with van der Waals surface area (Å²) in [4.78, 5) is 62.4. The molecule has 1 aliphatic rings. The minimum atomic E-state index is -0.927. The average Bonchev–Trinajstić information content (AvgIpc) is 3.53. The van der Waals surface area contributed by atoms with Crippen LogP contribution in [-0.4, -0.2) is 80.3 Å². The van der Waals surface area contributed by atoms with E-state index < -0.39 is 30.1 Å². The van der Waals surface area contributed by atoms with E-state index in [4.69, 9.17) is 14.2 Å². The van der Waals surface area contributed by atoms with E-state index in [1.54, 1.807) is 0 Å². The molecule has 0 fully saturated rings. The van der Waals surface area contributed by atoms with Crippen LogP contribution >= 0.6 is 11.8 Å². The predicted molar refractivity (Wildman–Crippen MR) is 227 cm³/mol. The quantitative estimate of drug-likeness (QED) is 0.0401. The molecule has 3 amide bonds. The number of hydrogen-bond donors (Lipinski definition) is 3. The number of alkyl carbamates (subject to hydrolysis) is 1. The highest BCUT2D eigenvalue weighted by Crippen LogP contribution is 2.44. The lowest BCUT2D eigenvalue weighted by Gasteiger charge is -2.22. The number of ether oxygens (including phenoxy) is 3. The lowest BCUT2D eigenvalue weighted by atomic mass is 9.98. The number of fused-ring (bicyclic) bond motifs is 3. The van der Waals surface area contributed by atoms with E-state index in [-0.39, 0.29) is 43.2 Å². The third-order valence-corrected chi connectivity index (χ3v) is 11.3. The fourth-order valence-electron chi connectivity index (χ4n) is 7.18. The second kappa shape index (κ2) is 28.4. The molecular formula is C45H67N3O8S. The summed E-state index contributed by atoms with van der Waals surface area (Å²) in [6.45, 7) is 4.33. The van der Waals surface area contributed by atoms with Crippen LogP contribution in [0.15, 0.2) is 48.5 Å². The first-order chi connectivity index (χ1) is 27.7. The fourth-order valence-corrected chi connectivity index (χ4v) is 8.02. The van der Waals surface area contributed by atoms with Gasteiger partial charge < -0.3 is 30.2 Å². The van der Waals surface area contributed by atoms with Crippen molar-refractivity contribution in [2.45, 2.75) is 141 Å². The van der Waals surface area contributed by atoms with Gasteiger partial charge >= 0.3 is 18.0 Å². The molecule has 3 rings (SSSR count). The molecular weight excluding hydrogens is 743 g/mol. The molecule has 2 aromatic rings. The van der Waals surface area contributed by atoms with Gasteiger partial charge in [0.05, 0.1) is 7.11 Å². The molecule has 316 valence electrons. The topological polar surface area (TPSA) is 149 Å². The van der Waals surface area contributed by atoms with Crippen LogP contribution in [0.2, 0.25) is 0 Å². The van der Waals surface area contributed by atoms with Crippen molar-refractivity contribution in [3.8, 4) is 11.1 Å². The van der Waals surface area contributed by atoms with Gasteiger partial charge in [-0.3, -0.25) is 14.4 Å². The van der Waals surface area contributed by atoms with Gasteiger partial charge in [0.2, 0.25) is 11.8 Å². The van der Waals surface area contributed by atoms with Gasteiger partial charge in [-0.15, -0.1) is 0 Å². The van der Waals surface area contributed by atoms with E-state index >= 15 is 0 Å². The Morgan fingerprint density at radius 3 is 1.86 bits per heavy atom. The monoisotopic (exact) mass is 809 g/mol.